The van der Waals surface area contributed by atoms with Gasteiger partial charge >= 0.3 is 0 Å². The molecule has 0 N–H and O–H groups in total. The van der Waals surface area contributed by atoms with Crippen LogP contribution >= 0.6 is 27.5 Å². The smallest absolute Gasteiger partial charge is 0.225 e. The molecule has 0 atom stereocenters. The number of hydrogen-bond donors (Lipinski definition) is 0. The topological polar surface area (TPSA) is 36.7 Å². The fourth-order valence-electron chi connectivity index (χ4n) is 0.972. The summed E-state index contributed by atoms with van der Waals surface area (Å²) in [4.78, 5) is 3.52. The zero-order valence-electron chi connectivity index (χ0n) is 6.77. The number of halogens is 4. The van der Waals surface area contributed by atoms with Gasteiger partial charge in [0, 0.05) is 5.33 Å². The Labute approximate surface area is 92.6 Å². The van der Waals surface area contributed by atoms with E-state index in [0.29, 0.717) is 0 Å². The van der Waals surface area contributed by atoms with Gasteiger partial charge in [0.05, 0.1) is 5.56 Å². The van der Waals surface area contributed by atoms with Crippen LogP contribution in [-0.2, 0) is 5.33 Å². The van der Waals surface area contributed by atoms with Gasteiger partial charge in [0.2, 0.25) is 0 Å². The molecule has 0 unspecified atom stereocenters. The number of aromatic nitrogens is 1. The molecule has 0 aromatic carbocycles. The van der Waals surface area contributed by atoms with Crippen molar-refractivity contribution in [3.05, 3.63) is 28.0 Å². The van der Waals surface area contributed by atoms with Crippen LogP contribution in [0.15, 0.2) is 6.07 Å². The number of nitrogens with zero attached hydrogens (tertiary/aromatic N) is 2. The van der Waals surface area contributed by atoms with Crippen LogP contribution < -0.4 is 0 Å². The van der Waals surface area contributed by atoms with Crippen molar-refractivity contribution in [2.24, 2.45) is 0 Å². The van der Waals surface area contributed by atoms with Crippen LogP contribution in [0.2, 0.25) is 5.15 Å². The Bertz CT molecular complexity index is 390. The van der Waals surface area contributed by atoms with Gasteiger partial charge in [-0.1, -0.05) is 27.5 Å². The molecule has 1 aromatic rings. The van der Waals surface area contributed by atoms with Gasteiger partial charge in [0.15, 0.2) is 0 Å². The van der Waals surface area contributed by atoms with Gasteiger partial charge in [-0.3, -0.25) is 0 Å². The second-order valence-electron chi connectivity index (χ2n) is 2.42. The Morgan fingerprint density at radius 2 is 2.29 bits per heavy atom. The van der Waals surface area contributed by atoms with Crippen molar-refractivity contribution in [3.63, 3.8) is 0 Å². The third-order valence-electron chi connectivity index (χ3n) is 1.57. The third-order valence-corrected chi connectivity index (χ3v) is 2.47. The molecule has 1 aromatic heterocycles. The fourth-order valence-corrected chi connectivity index (χ4v) is 1.73. The fraction of sp³-hybridized carbons (Fsp3) is 0.250. The van der Waals surface area contributed by atoms with Crippen LogP contribution in [0.4, 0.5) is 8.78 Å². The normalized spacial score (nSPS) is 10.3. The Morgan fingerprint density at radius 3 is 2.71 bits per heavy atom. The molecule has 0 fully saturated rings. The minimum atomic E-state index is -2.68. The average Bonchev–Trinajstić information content (AvgIpc) is 2.15. The summed E-state index contributed by atoms with van der Waals surface area (Å²) < 4.78 is 25.0. The van der Waals surface area contributed by atoms with Crippen molar-refractivity contribution in [1.29, 1.82) is 5.26 Å². The molecule has 0 radical (unpaired) electrons. The Kier molecular flexibility index (Phi) is 3.78. The number of rotatable bonds is 2. The molecular formula is C8H4BrClF2N2. The highest BCUT2D eigenvalue weighted by atomic mass is 79.9. The molecule has 0 bridgehead atoms. The summed E-state index contributed by atoms with van der Waals surface area (Å²) in [6, 6.07) is 3.04. The van der Waals surface area contributed by atoms with E-state index >= 15 is 0 Å². The van der Waals surface area contributed by atoms with Crippen molar-refractivity contribution >= 4 is 27.5 Å². The number of nitriles is 1. The minimum absolute atomic E-state index is 0.0360. The van der Waals surface area contributed by atoms with Crippen molar-refractivity contribution < 1.29 is 8.78 Å². The summed E-state index contributed by atoms with van der Waals surface area (Å²) in [5, 5.41) is 8.44. The van der Waals surface area contributed by atoms with Crippen molar-refractivity contribution in [2.45, 2.75) is 11.8 Å². The summed E-state index contributed by atoms with van der Waals surface area (Å²) in [5.74, 6) is 0. The minimum Gasteiger partial charge on any atom is -0.225 e. The van der Waals surface area contributed by atoms with Gasteiger partial charge in [-0.15, -0.1) is 0 Å². The van der Waals surface area contributed by atoms with Gasteiger partial charge in [0.1, 0.15) is 16.9 Å². The predicted octanol–water partition coefficient (Wildman–Crippen LogP) is 3.44. The molecule has 74 valence electrons. The quantitative estimate of drug-likeness (QED) is 0.615. The van der Waals surface area contributed by atoms with Crippen LogP contribution in [0.3, 0.4) is 0 Å². The first-order valence-electron chi connectivity index (χ1n) is 3.53. The first-order chi connectivity index (χ1) is 6.60. The predicted molar refractivity (Wildman–Crippen MR) is 51.6 cm³/mol. The molecule has 0 spiro atoms. The molecule has 1 heterocycles. The lowest BCUT2D eigenvalue weighted by Crippen LogP contribution is -1.98. The van der Waals surface area contributed by atoms with E-state index in [1.807, 2.05) is 0 Å². The molecule has 0 saturated carbocycles. The Hall–Kier alpha value is -0.730. The summed E-state index contributed by atoms with van der Waals surface area (Å²) in [6.45, 7) is 0. The van der Waals surface area contributed by atoms with E-state index in [1.54, 1.807) is 6.07 Å². The summed E-state index contributed by atoms with van der Waals surface area (Å²) in [7, 11) is 0. The third kappa shape index (κ3) is 2.20. The van der Waals surface area contributed by atoms with Crippen molar-refractivity contribution in [2.75, 3.05) is 0 Å². The van der Waals surface area contributed by atoms with Crippen molar-refractivity contribution in [3.8, 4) is 6.07 Å². The maximum Gasteiger partial charge on any atom is 0.267 e. The lowest BCUT2D eigenvalue weighted by Gasteiger charge is -2.07. The van der Waals surface area contributed by atoms with E-state index in [4.69, 9.17) is 16.9 Å². The Morgan fingerprint density at radius 1 is 1.64 bits per heavy atom. The summed E-state index contributed by atoms with van der Waals surface area (Å²) >= 11 is 8.57. The Balaban J connectivity index is 3.36. The molecule has 2 nitrogen and oxygen atoms in total. The zero-order chi connectivity index (χ0) is 10.7. The SMILES string of the molecule is N#Cc1cc(CBr)c(C(F)F)c(Cl)n1. The lowest BCUT2D eigenvalue weighted by molar-refractivity contribution is 0.150. The highest BCUT2D eigenvalue weighted by Crippen LogP contribution is 2.30. The van der Waals surface area contributed by atoms with Crippen LogP contribution in [-0.4, -0.2) is 4.98 Å². The van der Waals surface area contributed by atoms with Gasteiger partial charge in [-0.2, -0.15) is 5.26 Å². The number of hydrogen-bond acceptors (Lipinski definition) is 2. The van der Waals surface area contributed by atoms with Gasteiger partial charge in [0.25, 0.3) is 6.43 Å². The van der Waals surface area contributed by atoms with Gasteiger partial charge in [-0.05, 0) is 11.6 Å². The molecular weight excluding hydrogens is 277 g/mol. The molecule has 6 heteroatoms. The number of alkyl halides is 3. The van der Waals surface area contributed by atoms with Gasteiger partial charge in [-0.25, -0.2) is 13.8 Å². The summed E-state index contributed by atoms with van der Waals surface area (Å²) in [5.41, 5.74) is 0.00735. The lowest BCUT2D eigenvalue weighted by atomic mass is 10.1. The molecule has 0 saturated heterocycles. The van der Waals surface area contributed by atoms with E-state index in [2.05, 4.69) is 20.9 Å². The molecule has 0 aliphatic rings. The highest BCUT2D eigenvalue weighted by molar-refractivity contribution is 9.08. The zero-order valence-corrected chi connectivity index (χ0v) is 9.11. The molecule has 1 rings (SSSR count). The van der Waals surface area contributed by atoms with E-state index in [0.717, 1.165) is 0 Å². The summed E-state index contributed by atoms with van der Waals surface area (Å²) in [6.07, 6.45) is -2.68. The molecule has 0 aliphatic carbocycles. The average molecular weight is 281 g/mol. The monoisotopic (exact) mass is 280 g/mol. The standard InChI is InChI=1S/C8H4BrClF2N2/c9-2-4-1-5(3-13)14-7(10)6(4)8(11)12/h1,8H,2H2. The second-order valence-corrected chi connectivity index (χ2v) is 3.34. The van der Waals surface area contributed by atoms with Crippen LogP contribution in [0, 0.1) is 11.3 Å². The first-order valence-corrected chi connectivity index (χ1v) is 5.03. The van der Waals surface area contributed by atoms with E-state index in [9.17, 15) is 8.78 Å². The highest BCUT2D eigenvalue weighted by Gasteiger charge is 2.18. The second kappa shape index (κ2) is 4.67. The van der Waals surface area contributed by atoms with Crippen molar-refractivity contribution in [1.82, 2.24) is 4.98 Å². The largest absolute Gasteiger partial charge is 0.267 e. The number of pyridine rings is 1. The van der Waals surface area contributed by atoms with E-state index in [1.165, 1.54) is 6.07 Å². The van der Waals surface area contributed by atoms with Crippen LogP contribution in [0.5, 0.6) is 0 Å². The maximum atomic E-state index is 12.5. The van der Waals surface area contributed by atoms with E-state index in [-0.39, 0.29) is 27.3 Å². The van der Waals surface area contributed by atoms with Gasteiger partial charge < -0.3 is 0 Å². The van der Waals surface area contributed by atoms with Crippen LogP contribution in [0.1, 0.15) is 23.2 Å². The maximum absolute atomic E-state index is 12.5. The molecule has 0 amide bonds. The first kappa shape index (κ1) is 11.3. The van der Waals surface area contributed by atoms with E-state index < -0.39 is 6.43 Å². The van der Waals surface area contributed by atoms with Crippen LogP contribution in [0.25, 0.3) is 0 Å². The molecule has 14 heavy (non-hydrogen) atoms. The molecule has 0 aliphatic heterocycles.